The molecule has 1 heterocycles. The van der Waals surface area contributed by atoms with E-state index < -0.39 is 0 Å². The van der Waals surface area contributed by atoms with Crippen LogP contribution in [0.15, 0.2) is 12.1 Å². The lowest BCUT2D eigenvalue weighted by Crippen LogP contribution is -2.36. The third-order valence-electron chi connectivity index (χ3n) is 4.06. The molecular formula is C15H24N2O3. The van der Waals surface area contributed by atoms with Crippen molar-refractivity contribution in [2.24, 2.45) is 5.73 Å². The number of ether oxygens (including phenoxy) is 3. The summed E-state index contributed by atoms with van der Waals surface area (Å²) in [5.74, 6) is 2.01. The molecule has 1 fully saturated rings. The van der Waals surface area contributed by atoms with Crippen LogP contribution in [0.25, 0.3) is 0 Å². The van der Waals surface area contributed by atoms with E-state index in [1.54, 1.807) is 21.3 Å². The molecule has 2 N–H and O–H groups in total. The van der Waals surface area contributed by atoms with E-state index >= 15 is 0 Å². The normalized spacial score (nSPS) is 22.9. The van der Waals surface area contributed by atoms with E-state index in [0.717, 1.165) is 25.1 Å². The average Bonchev–Trinajstić information content (AvgIpc) is 2.78. The van der Waals surface area contributed by atoms with Gasteiger partial charge in [-0.1, -0.05) is 0 Å². The second kappa shape index (κ2) is 6.33. The van der Waals surface area contributed by atoms with Crippen LogP contribution in [-0.2, 0) is 6.54 Å². The Morgan fingerprint density at radius 1 is 1.15 bits per heavy atom. The fraction of sp³-hybridized carbons (Fsp3) is 0.600. The van der Waals surface area contributed by atoms with Crippen LogP contribution in [0.1, 0.15) is 18.9 Å². The number of rotatable bonds is 5. The van der Waals surface area contributed by atoms with Crippen molar-refractivity contribution in [3.63, 3.8) is 0 Å². The van der Waals surface area contributed by atoms with E-state index in [4.69, 9.17) is 19.9 Å². The van der Waals surface area contributed by atoms with E-state index in [1.807, 2.05) is 12.1 Å². The molecule has 2 rings (SSSR count). The predicted molar refractivity (Wildman–Crippen MR) is 78.6 cm³/mol. The topological polar surface area (TPSA) is 57.0 Å². The van der Waals surface area contributed by atoms with Gasteiger partial charge in [0.05, 0.1) is 21.3 Å². The van der Waals surface area contributed by atoms with Gasteiger partial charge in [0.1, 0.15) is 0 Å². The molecule has 0 bridgehead atoms. The Morgan fingerprint density at radius 3 is 2.15 bits per heavy atom. The van der Waals surface area contributed by atoms with Gasteiger partial charge >= 0.3 is 0 Å². The first-order valence-corrected chi connectivity index (χ1v) is 6.89. The summed E-state index contributed by atoms with van der Waals surface area (Å²) in [6.07, 6.45) is 1.05. The first-order valence-electron chi connectivity index (χ1n) is 6.89. The highest BCUT2D eigenvalue weighted by Gasteiger charge is 2.28. The van der Waals surface area contributed by atoms with Gasteiger partial charge in [-0.25, -0.2) is 0 Å². The second-order valence-electron chi connectivity index (χ2n) is 5.20. The smallest absolute Gasteiger partial charge is 0.203 e. The number of hydrogen-bond donors (Lipinski definition) is 1. The summed E-state index contributed by atoms with van der Waals surface area (Å²) in [5.41, 5.74) is 7.21. The van der Waals surface area contributed by atoms with Crippen molar-refractivity contribution in [2.45, 2.75) is 32.0 Å². The fourth-order valence-corrected chi connectivity index (χ4v) is 2.71. The highest BCUT2D eigenvalue weighted by molar-refractivity contribution is 5.53. The number of nitrogens with zero attached hydrogens (tertiary/aromatic N) is 1. The second-order valence-corrected chi connectivity index (χ2v) is 5.20. The van der Waals surface area contributed by atoms with Gasteiger partial charge in [-0.15, -0.1) is 0 Å². The molecule has 2 unspecified atom stereocenters. The summed E-state index contributed by atoms with van der Waals surface area (Å²) in [5, 5.41) is 0. The van der Waals surface area contributed by atoms with Crippen LogP contribution in [0.5, 0.6) is 17.2 Å². The lowest BCUT2D eigenvalue weighted by molar-refractivity contribution is 0.250. The van der Waals surface area contributed by atoms with Crippen LogP contribution in [-0.4, -0.2) is 44.9 Å². The van der Waals surface area contributed by atoms with Crippen LogP contribution in [0.3, 0.4) is 0 Å². The van der Waals surface area contributed by atoms with Gasteiger partial charge in [-0.2, -0.15) is 0 Å². The summed E-state index contributed by atoms with van der Waals surface area (Å²) >= 11 is 0. The maximum absolute atomic E-state index is 6.07. The SMILES string of the molecule is COc1cc(CN2CCC(N)C2C)cc(OC)c1OC. The van der Waals surface area contributed by atoms with E-state index in [2.05, 4.69) is 11.8 Å². The molecule has 1 aliphatic rings. The third kappa shape index (κ3) is 2.83. The van der Waals surface area contributed by atoms with Gasteiger partial charge in [-0.3, -0.25) is 4.90 Å². The number of hydrogen-bond acceptors (Lipinski definition) is 5. The molecule has 20 heavy (non-hydrogen) atoms. The van der Waals surface area contributed by atoms with Crippen molar-refractivity contribution in [3.05, 3.63) is 17.7 Å². The van der Waals surface area contributed by atoms with Gasteiger partial charge in [0.2, 0.25) is 5.75 Å². The van der Waals surface area contributed by atoms with Crippen molar-refractivity contribution in [1.29, 1.82) is 0 Å². The highest BCUT2D eigenvalue weighted by Crippen LogP contribution is 2.38. The van der Waals surface area contributed by atoms with Gasteiger partial charge in [0.25, 0.3) is 0 Å². The number of likely N-dealkylation sites (tertiary alicyclic amines) is 1. The maximum Gasteiger partial charge on any atom is 0.203 e. The molecule has 0 saturated carbocycles. The van der Waals surface area contributed by atoms with Crippen molar-refractivity contribution in [1.82, 2.24) is 4.90 Å². The fourth-order valence-electron chi connectivity index (χ4n) is 2.71. The van der Waals surface area contributed by atoms with Gasteiger partial charge in [-0.05, 0) is 31.0 Å². The Morgan fingerprint density at radius 2 is 1.75 bits per heavy atom. The standard InChI is InChI=1S/C15H24N2O3/c1-10-12(16)5-6-17(10)9-11-7-13(18-2)15(20-4)14(8-11)19-3/h7-8,10,12H,5-6,9,16H2,1-4H3. The molecule has 0 aromatic heterocycles. The van der Waals surface area contributed by atoms with Crippen LogP contribution >= 0.6 is 0 Å². The Balaban J connectivity index is 2.24. The molecule has 2 atom stereocenters. The van der Waals surface area contributed by atoms with E-state index in [0.29, 0.717) is 23.3 Å². The van der Waals surface area contributed by atoms with Gasteiger partial charge in [0.15, 0.2) is 11.5 Å². The Hall–Kier alpha value is -1.46. The first kappa shape index (κ1) is 14.9. The number of nitrogens with two attached hydrogens (primary N) is 1. The molecular weight excluding hydrogens is 256 g/mol. The lowest BCUT2D eigenvalue weighted by Gasteiger charge is -2.23. The van der Waals surface area contributed by atoms with Crippen LogP contribution < -0.4 is 19.9 Å². The van der Waals surface area contributed by atoms with Crippen molar-refractivity contribution < 1.29 is 14.2 Å². The average molecular weight is 280 g/mol. The van der Waals surface area contributed by atoms with E-state index in [9.17, 15) is 0 Å². The monoisotopic (exact) mass is 280 g/mol. The van der Waals surface area contributed by atoms with Gasteiger partial charge < -0.3 is 19.9 Å². The molecule has 0 radical (unpaired) electrons. The van der Waals surface area contributed by atoms with Gasteiger partial charge in [0, 0.05) is 25.2 Å². The molecule has 1 aromatic rings. The molecule has 1 saturated heterocycles. The number of methoxy groups -OCH3 is 3. The minimum Gasteiger partial charge on any atom is -0.493 e. The Labute approximate surface area is 120 Å². The summed E-state index contributed by atoms with van der Waals surface area (Å²) in [7, 11) is 4.88. The molecule has 1 aliphatic heterocycles. The number of benzene rings is 1. The zero-order valence-corrected chi connectivity index (χ0v) is 12.7. The molecule has 5 nitrogen and oxygen atoms in total. The molecule has 0 spiro atoms. The summed E-state index contributed by atoms with van der Waals surface area (Å²) in [6.45, 7) is 4.04. The zero-order valence-electron chi connectivity index (χ0n) is 12.7. The first-order chi connectivity index (χ1) is 9.60. The largest absolute Gasteiger partial charge is 0.493 e. The van der Waals surface area contributed by atoms with Crippen LogP contribution in [0.4, 0.5) is 0 Å². The maximum atomic E-state index is 6.07. The minimum absolute atomic E-state index is 0.261. The van der Waals surface area contributed by atoms with E-state index in [-0.39, 0.29) is 6.04 Å². The van der Waals surface area contributed by atoms with Crippen molar-refractivity contribution >= 4 is 0 Å². The predicted octanol–water partition coefficient (Wildman–Crippen LogP) is 1.63. The third-order valence-corrected chi connectivity index (χ3v) is 4.06. The summed E-state index contributed by atoms with van der Waals surface area (Å²) in [4.78, 5) is 2.38. The Kier molecular flexibility index (Phi) is 4.73. The van der Waals surface area contributed by atoms with Crippen molar-refractivity contribution in [3.8, 4) is 17.2 Å². The molecule has 0 aliphatic carbocycles. The molecule has 112 valence electrons. The molecule has 1 aromatic carbocycles. The van der Waals surface area contributed by atoms with Crippen LogP contribution in [0.2, 0.25) is 0 Å². The quantitative estimate of drug-likeness (QED) is 0.888. The summed E-state index contributed by atoms with van der Waals surface area (Å²) in [6, 6.07) is 4.65. The highest BCUT2D eigenvalue weighted by atomic mass is 16.5. The Bertz CT molecular complexity index is 439. The zero-order chi connectivity index (χ0) is 14.7. The molecule has 5 heteroatoms. The van der Waals surface area contributed by atoms with Crippen molar-refractivity contribution in [2.75, 3.05) is 27.9 Å². The van der Waals surface area contributed by atoms with E-state index in [1.165, 1.54) is 0 Å². The lowest BCUT2D eigenvalue weighted by atomic mass is 10.1. The summed E-state index contributed by atoms with van der Waals surface area (Å²) < 4.78 is 16.1. The minimum atomic E-state index is 0.261. The molecule has 0 amide bonds. The van der Waals surface area contributed by atoms with Crippen LogP contribution in [0, 0.1) is 0 Å².